The van der Waals surface area contributed by atoms with E-state index in [1.807, 2.05) is 30.7 Å². The van der Waals surface area contributed by atoms with Crippen LogP contribution in [0.4, 0.5) is 0 Å². The smallest absolute Gasteiger partial charge is 0.225 e. The maximum Gasteiger partial charge on any atom is 0.225 e. The van der Waals surface area contributed by atoms with E-state index in [9.17, 15) is 0 Å². The third-order valence-electron chi connectivity index (χ3n) is 6.31. The van der Waals surface area contributed by atoms with E-state index in [0.717, 1.165) is 0 Å². The van der Waals surface area contributed by atoms with Gasteiger partial charge in [0.25, 0.3) is 0 Å². The molecule has 10 heteroatoms. The summed E-state index contributed by atoms with van der Waals surface area (Å²) in [5.41, 5.74) is 0.600. The Kier molecular flexibility index (Phi) is 5.54. The van der Waals surface area contributed by atoms with Gasteiger partial charge in [-0.1, -0.05) is 32.4 Å². The van der Waals surface area contributed by atoms with E-state index < -0.39 is 20.3 Å². The van der Waals surface area contributed by atoms with Crippen molar-refractivity contribution in [2.45, 2.75) is 83.1 Å². The molecule has 7 nitrogen and oxygen atoms in total. The number of hydrogen-bond donors (Lipinski definition) is 0. The summed E-state index contributed by atoms with van der Waals surface area (Å²) in [6.07, 6.45) is 0.608. The van der Waals surface area contributed by atoms with Crippen molar-refractivity contribution >= 4 is 42.6 Å². The molecule has 2 fully saturated rings. The molecule has 2 aliphatic heterocycles. The maximum atomic E-state index is 6.45. The lowest BCUT2D eigenvalue weighted by molar-refractivity contribution is -0.199. The largest absolute Gasteiger partial charge is 0.414 e. The van der Waals surface area contributed by atoms with Crippen molar-refractivity contribution in [1.29, 1.82) is 0 Å². The Morgan fingerprint density at radius 2 is 1.83 bits per heavy atom. The fraction of sp³-hybridized carbons (Fsp3) is 0.700. The number of nitrogens with zero attached hydrogens (tertiary/aromatic N) is 3. The normalized spacial score (nSPS) is 29.0. The molecule has 0 saturated carbocycles. The standard InChI is InChI=1S/C20H29Cl2N3O4Si/c1-19(2,3)30(6,7)26-10-12-13-14(29-20(4,5)28-13)17(27-12)25-9-8-11-15(21)23-18(22)24-16(11)25/h8-9,12-14,17H,10H2,1-7H3/t12-,13-,14-,17-/m1/s1. The monoisotopic (exact) mass is 473 g/mol. The topological polar surface area (TPSA) is 67.6 Å². The molecule has 2 saturated heterocycles. The first kappa shape index (κ1) is 22.5. The number of rotatable bonds is 4. The lowest BCUT2D eigenvalue weighted by Crippen LogP contribution is -2.44. The first-order chi connectivity index (χ1) is 13.8. The summed E-state index contributed by atoms with van der Waals surface area (Å²) >= 11 is 12.3. The Bertz CT molecular complexity index is 959. The second kappa shape index (κ2) is 7.40. The van der Waals surface area contributed by atoms with Crippen LogP contribution >= 0.6 is 23.2 Å². The summed E-state index contributed by atoms with van der Waals surface area (Å²) in [5.74, 6) is -0.709. The van der Waals surface area contributed by atoms with Crippen LogP contribution in [0.2, 0.25) is 28.6 Å². The van der Waals surface area contributed by atoms with E-state index in [1.165, 1.54) is 0 Å². The van der Waals surface area contributed by atoms with Gasteiger partial charge in [-0.05, 0) is 49.6 Å². The molecule has 4 heterocycles. The van der Waals surface area contributed by atoms with E-state index in [-0.39, 0.29) is 28.6 Å². The molecule has 4 atom stereocenters. The summed E-state index contributed by atoms with van der Waals surface area (Å²) in [6.45, 7) is 15.4. The fourth-order valence-corrected chi connectivity index (χ4v) is 5.15. The molecule has 0 N–H and O–H groups in total. The first-order valence-electron chi connectivity index (χ1n) is 10.1. The molecule has 30 heavy (non-hydrogen) atoms. The van der Waals surface area contributed by atoms with Crippen molar-refractivity contribution in [3.63, 3.8) is 0 Å². The lowest BCUT2D eigenvalue weighted by atomic mass is 10.1. The molecule has 0 aliphatic carbocycles. The number of aromatic nitrogens is 3. The fourth-order valence-electron chi connectivity index (χ4n) is 3.70. The highest BCUT2D eigenvalue weighted by Crippen LogP contribution is 2.45. The van der Waals surface area contributed by atoms with E-state index in [2.05, 4.69) is 43.8 Å². The zero-order valence-electron chi connectivity index (χ0n) is 18.4. The zero-order chi connectivity index (χ0) is 22.1. The van der Waals surface area contributed by atoms with Gasteiger partial charge in [0.1, 0.15) is 29.1 Å². The Balaban J connectivity index is 1.64. The van der Waals surface area contributed by atoms with Crippen LogP contribution in [0.15, 0.2) is 12.3 Å². The van der Waals surface area contributed by atoms with E-state index in [4.69, 9.17) is 41.8 Å². The van der Waals surface area contributed by atoms with E-state index in [0.29, 0.717) is 22.8 Å². The molecule has 4 rings (SSSR count). The van der Waals surface area contributed by atoms with Gasteiger partial charge < -0.3 is 23.2 Å². The Morgan fingerprint density at radius 3 is 2.50 bits per heavy atom. The predicted octanol–water partition coefficient (Wildman–Crippen LogP) is 5.18. The molecule has 2 aromatic heterocycles. The molecule has 166 valence electrons. The second-order valence-electron chi connectivity index (χ2n) is 9.94. The average Bonchev–Trinajstić information content (AvgIpc) is 3.23. The van der Waals surface area contributed by atoms with Gasteiger partial charge in [-0.3, -0.25) is 0 Å². The van der Waals surface area contributed by atoms with Crippen molar-refractivity contribution in [1.82, 2.24) is 14.5 Å². The van der Waals surface area contributed by atoms with E-state index in [1.54, 1.807) is 0 Å². The number of hydrogen-bond acceptors (Lipinski definition) is 6. The van der Waals surface area contributed by atoms with Gasteiger partial charge in [0.2, 0.25) is 5.28 Å². The summed E-state index contributed by atoms with van der Waals surface area (Å²) in [5, 5.41) is 1.21. The minimum Gasteiger partial charge on any atom is -0.414 e. The van der Waals surface area contributed by atoms with E-state index >= 15 is 0 Å². The number of halogens is 2. The van der Waals surface area contributed by atoms with Crippen LogP contribution in [0, 0.1) is 0 Å². The molecule has 0 bridgehead atoms. The van der Waals surface area contributed by atoms with Gasteiger partial charge in [0.15, 0.2) is 20.3 Å². The predicted molar refractivity (Wildman–Crippen MR) is 118 cm³/mol. The quantitative estimate of drug-likeness (QED) is 0.346. The minimum absolute atomic E-state index is 0.0868. The maximum absolute atomic E-state index is 6.45. The van der Waals surface area contributed by atoms with Crippen LogP contribution in [-0.4, -0.2) is 53.6 Å². The first-order valence-corrected chi connectivity index (χ1v) is 13.8. The highest BCUT2D eigenvalue weighted by molar-refractivity contribution is 6.74. The molecule has 0 amide bonds. The lowest BCUT2D eigenvalue weighted by Gasteiger charge is -2.37. The summed E-state index contributed by atoms with van der Waals surface area (Å²) in [7, 11) is -1.94. The van der Waals surface area contributed by atoms with Crippen LogP contribution in [-0.2, 0) is 18.6 Å². The van der Waals surface area contributed by atoms with Crippen molar-refractivity contribution in [2.24, 2.45) is 0 Å². The van der Waals surface area contributed by atoms with Crippen LogP contribution < -0.4 is 0 Å². The van der Waals surface area contributed by atoms with Crippen LogP contribution in [0.1, 0.15) is 40.8 Å². The second-order valence-corrected chi connectivity index (χ2v) is 15.5. The average molecular weight is 474 g/mol. The SMILES string of the molecule is CC1(C)O[C@@H]2[C@H](O1)[C@@H](CO[Si](C)(C)C(C)(C)C)O[C@H]2n1ccc2c(Cl)nc(Cl)nc21. The van der Waals surface area contributed by atoms with Gasteiger partial charge in [-0.15, -0.1) is 0 Å². The van der Waals surface area contributed by atoms with Crippen LogP contribution in [0.25, 0.3) is 11.0 Å². The van der Waals surface area contributed by atoms with Crippen LogP contribution in [0.5, 0.6) is 0 Å². The van der Waals surface area contributed by atoms with Gasteiger partial charge in [-0.25, -0.2) is 4.98 Å². The number of fused-ring (bicyclic) bond motifs is 2. The van der Waals surface area contributed by atoms with Crippen molar-refractivity contribution in [3.05, 3.63) is 22.7 Å². The molecule has 0 spiro atoms. The molecule has 0 aromatic carbocycles. The van der Waals surface area contributed by atoms with Gasteiger partial charge in [0.05, 0.1) is 12.0 Å². The Morgan fingerprint density at radius 1 is 1.17 bits per heavy atom. The molecule has 2 aliphatic rings. The van der Waals surface area contributed by atoms with Gasteiger partial charge in [-0.2, -0.15) is 4.98 Å². The van der Waals surface area contributed by atoms with Crippen molar-refractivity contribution < 1.29 is 18.6 Å². The highest BCUT2D eigenvalue weighted by atomic mass is 35.5. The molecular weight excluding hydrogens is 445 g/mol. The summed E-state index contributed by atoms with van der Waals surface area (Å²) in [4.78, 5) is 8.39. The molecule has 2 aromatic rings. The molecular formula is C20H29Cl2N3O4Si. The zero-order valence-corrected chi connectivity index (χ0v) is 20.9. The Hall–Kier alpha value is -0.743. The minimum atomic E-state index is -1.94. The molecule has 0 unspecified atom stereocenters. The van der Waals surface area contributed by atoms with Gasteiger partial charge >= 0.3 is 0 Å². The molecule has 0 radical (unpaired) electrons. The van der Waals surface area contributed by atoms with Crippen molar-refractivity contribution in [3.8, 4) is 0 Å². The van der Waals surface area contributed by atoms with Crippen molar-refractivity contribution in [2.75, 3.05) is 6.61 Å². The van der Waals surface area contributed by atoms with Crippen LogP contribution in [0.3, 0.4) is 0 Å². The number of ether oxygens (including phenoxy) is 3. The Labute approximate surface area is 188 Å². The third-order valence-corrected chi connectivity index (χ3v) is 11.3. The summed E-state index contributed by atoms with van der Waals surface area (Å²) < 4.78 is 27.2. The highest BCUT2D eigenvalue weighted by Gasteiger charge is 2.56. The summed E-state index contributed by atoms with van der Waals surface area (Å²) in [6, 6.07) is 1.85. The van der Waals surface area contributed by atoms with Gasteiger partial charge in [0, 0.05) is 6.20 Å². The third kappa shape index (κ3) is 3.92.